The van der Waals surface area contributed by atoms with E-state index in [1.165, 1.54) is 24.5 Å². The molecule has 0 aromatic carbocycles. The summed E-state index contributed by atoms with van der Waals surface area (Å²) in [6, 6.07) is 3.68. The Hall–Kier alpha value is -2.50. The van der Waals surface area contributed by atoms with Crippen molar-refractivity contribution in [1.29, 1.82) is 0 Å². The molecule has 0 saturated carbocycles. The molecule has 0 aliphatic heterocycles. The van der Waals surface area contributed by atoms with E-state index in [0.717, 1.165) is 16.8 Å². The summed E-state index contributed by atoms with van der Waals surface area (Å²) in [7, 11) is 0. The number of aromatic nitrogens is 2. The molecule has 6 heteroatoms. The minimum atomic E-state index is -1.33. The Balaban J connectivity index is 2.65. The van der Waals surface area contributed by atoms with Crippen LogP contribution < -0.4 is 5.56 Å². The summed E-state index contributed by atoms with van der Waals surface area (Å²) in [5.74, 6) is -1.93. The van der Waals surface area contributed by atoms with Crippen molar-refractivity contribution < 1.29 is 14.3 Å². The van der Waals surface area contributed by atoms with E-state index in [1.54, 1.807) is 0 Å². The third-order valence-electron chi connectivity index (χ3n) is 2.15. The first-order chi connectivity index (χ1) is 8.09. The van der Waals surface area contributed by atoms with Gasteiger partial charge in [-0.05, 0) is 12.1 Å². The average Bonchev–Trinajstić information content (AvgIpc) is 2.29. The highest BCUT2D eigenvalue weighted by Gasteiger charge is 2.11. The normalized spacial score (nSPS) is 10.2. The van der Waals surface area contributed by atoms with Crippen molar-refractivity contribution in [3.05, 3.63) is 58.5 Å². The number of aromatic carboxylic acids is 1. The molecular formula is C11H7FN2O3. The van der Waals surface area contributed by atoms with Gasteiger partial charge in [0.15, 0.2) is 0 Å². The molecule has 1 N–H and O–H groups in total. The zero-order valence-corrected chi connectivity index (χ0v) is 8.50. The lowest BCUT2D eigenvalue weighted by Gasteiger charge is -2.05. The second-order valence-electron chi connectivity index (χ2n) is 3.26. The van der Waals surface area contributed by atoms with E-state index < -0.39 is 17.3 Å². The SMILES string of the molecule is O=C(O)c1cccn(-c2cncc(F)c2)c1=O. The maximum atomic E-state index is 12.9. The smallest absolute Gasteiger partial charge is 0.341 e. The fourth-order valence-corrected chi connectivity index (χ4v) is 1.39. The van der Waals surface area contributed by atoms with Crippen LogP contribution in [0.15, 0.2) is 41.6 Å². The van der Waals surface area contributed by atoms with Gasteiger partial charge in [0.25, 0.3) is 5.56 Å². The van der Waals surface area contributed by atoms with Gasteiger partial charge in [-0.15, -0.1) is 0 Å². The van der Waals surface area contributed by atoms with Crippen LogP contribution in [0.3, 0.4) is 0 Å². The molecule has 17 heavy (non-hydrogen) atoms. The van der Waals surface area contributed by atoms with Gasteiger partial charge in [-0.25, -0.2) is 9.18 Å². The largest absolute Gasteiger partial charge is 0.477 e. The number of carboxylic acid groups (broad SMARTS) is 1. The van der Waals surface area contributed by atoms with E-state index in [0.29, 0.717) is 0 Å². The number of carbonyl (C=O) groups is 1. The first kappa shape index (κ1) is 11.0. The quantitative estimate of drug-likeness (QED) is 0.843. The topological polar surface area (TPSA) is 72.2 Å². The van der Waals surface area contributed by atoms with Crippen LogP contribution in [-0.2, 0) is 0 Å². The Bertz CT molecular complexity index is 637. The molecule has 0 aliphatic rings. The molecule has 5 nitrogen and oxygen atoms in total. The Labute approximate surface area is 94.8 Å². The lowest BCUT2D eigenvalue weighted by Crippen LogP contribution is -2.24. The van der Waals surface area contributed by atoms with Crippen LogP contribution in [0.5, 0.6) is 0 Å². The fourth-order valence-electron chi connectivity index (χ4n) is 1.39. The molecule has 0 radical (unpaired) electrons. The molecule has 0 aliphatic carbocycles. The van der Waals surface area contributed by atoms with E-state index in [2.05, 4.69) is 4.98 Å². The second-order valence-corrected chi connectivity index (χ2v) is 3.26. The van der Waals surface area contributed by atoms with E-state index in [9.17, 15) is 14.0 Å². The standard InChI is InChI=1S/C11H7FN2O3/c12-7-4-8(6-13-5-7)14-3-1-2-9(10(14)15)11(16)17/h1-6H,(H,16,17). The van der Waals surface area contributed by atoms with Crippen LogP contribution in [0.25, 0.3) is 5.69 Å². The maximum absolute atomic E-state index is 12.9. The highest BCUT2D eigenvalue weighted by Crippen LogP contribution is 2.05. The van der Waals surface area contributed by atoms with Gasteiger partial charge in [0.05, 0.1) is 18.1 Å². The van der Waals surface area contributed by atoms with E-state index in [-0.39, 0.29) is 11.3 Å². The second kappa shape index (κ2) is 4.17. The molecule has 0 fully saturated rings. The van der Waals surface area contributed by atoms with Gasteiger partial charge in [0.1, 0.15) is 11.4 Å². The summed E-state index contributed by atoms with van der Waals surface area (Å²) >= 11 is 0. The molecule has 2 rings (SSSR count). The number of hydrogen-bond acceptors (Lipinski definition) is 3. The molecule has 0 bridgehead atoms. The Morgan fingerprint density at radius 2 is 2.18 bits per heavy atom. The molecular weight excluding hydrogens is 227 g/mol. The summed E-state index contributed by atoms with van der Waals surface area (Å²) in [6.07, 6.45) is 3.62. The lowest BCUT2D eigenvalue weighted by atomic mass is 10.2. The predicted molar refractivity (Wildman–Crippen MR) is 56.8 cm³/mol. The number of carboxylic acids is 1. The third kappa shape index (κ3) is 2.05. The van der Waals surface area contributed by atoms with Gasteiger partial charge in [0, 0.05) is 12.3 Å². The zero-order chi connectivity index (χ0) is 12.4. The van der Waals surface area contributed by atoms with Gasteiger partial charge < -0.3 is 5.11 Å². The summed E-state index contributed by atoms with van der Waals surface area (Å²) in [5.41, 5.74) is -0.928. The van der Waals surface area contributed by atoms with Gasteiger partial charge in [-0.2, -0.15) is 0 Å². The molecule has 2 aromatic rings. The number of pyridine rings is 2. The van der Waals surface area contributed by atoms with E-state index >= 15 is 0 Å². The van der Waals surface area contributed by atoms with Crippen LogP contribution in [0, 0.1) is 5.82 Å². The Morgan fingerprint density at radius 3 is 2.82 bits per heavy atom. The summed E-state index contributed by atoms with van der Waals surface area (Å²) in [6.45, 7) is 0. The van der Waals surface area contributed by atoms with E-state index in [1.807, 2.05) is 0 Å². The minimum Gasteiger partial charge on any atom is -0.477 e. The third-order valence-corrected chi connectivity index (χ3v) is 2.15. The molecule has 2 aromatic heterocycles. The van der Waals surface area contributed by atoms with Gasteiger partial charge in [-0.3, -0.25) is 14.3 Å². The van der Waals surface area contributed by atoms with Crippen LogP contribution in [-0.4, -0.2) is 20.6 Å². The minimum absolute atomic E-state index is 0.179. The molecule has 2 heterocycles. The van der Waals surface area contributed by atoms with Crippen molar-refractivity contribution in [3.8, 4) is 5.69 Å². The van der Waals surface area contributed by atoms with Crippen molar-refractivity contribution in [3.63, 3.8) is 0 Å². The predicted octanol–water partition coefficient (Wildman–Crippen LogP) is 1.07. The number of rotatable bonds is 2. The van der Waals surface area contributed by atoms with Gasteiger partial charge >= 0.3 is 5.97 Å². The Morgan fingerprint density at radius 1 is 1.41 bits per heavy atom. The van der Waals surface area contributed by atoms with Crippen molar-refractivity contribution >= 4 is 5.97 Å². The molecule has 0 spiro atoms. The zero-order valence-electron chi connectivity index (χ0n) is 8.50. The first-order valence-electron chi connectivity index (χ1n) is 4.65. The highest BCUT2D eigenvalue weighted by atomic mass is 19.1. The Kier molecular flexibility index (Phi) is 2.70. The number of halogens is 1. The van der Waals surface area contributed by atoms with Crippen molar-refractivity contribution in [2.45, 2.75) is 0 Å². The molecule has 0 unspecified atom stereocenters. The van der Waals surface area contributed by atoms with Crippen LogP contribution >= 0.6 is 0 Å². The average molecular weight is 234 g/mol. The first-order valence-corrected chi connectivity index (χ1v) is 4.65. The van der Waals surface area contributed by atoms with Crippen LogP contribution in [0.2, 0.25) is 0 Å². The highest BCUT2D eigenvalue weighted by molar-refractivity contribution is 5.87. The lowest BCUT2D eigenvalue weighted by molar-refractivity contribution is 0.0694. The van der Waals surface area contributed by atoms with Crippen LogP contribution in [0.1, 0.15) is 10.4 Å². The monoisotopic (exact) mass is 234 g/mol. The summed E-state index contributed by atoms with van der Waals surface area (Å²) in [4.78, 5) is 26.1. The summed E-state index contributed by atoms with van der Waals surface area (Å²) in [5, 5.41) is 8.79. The maximum Gasteiger partial charge on any atom is 0.341 e. The molecule has 0 saturated heterocycles. The molecule has 86 valence electrons. The van der Waals surface area contributed by atoms with Crippen molar-refractivity contribution in [1.82, 2.24) is 9.55 Å². The fraction of sp³-hybridized carbons (Fsp3) is 0. The molecule has 0 amide bonds. The number of nitrogens with zero attached hydrogens (tertiary/aromatic N) is 2. The van der Waals surface area contributed by atoms with Gasteiger partial charge in [0.2, 0.25) is 0 Å². The molecule has 0 atom stereocenters. The summed E-state index contributed by atoms with van der Waals surface area (Å²) < 4.78 is 14.0. The van der Waals surface area contributed by atoms with E-state index in [4.69, 9.17) is 5.11 Å². The van der Waals surface area contributed by atoms with Crippen molar-refractivity contribution in [2.24, 2.45) is 0 Å². The van der Waals surface area contributed by atoms with Crippen molar-refractivity contribution in [2.75, 3.05) is 0 Å². The number of hydrogen-bond donors (Lipinski definition) is 1. The van der Waals surface area contributed by atoms with Crippen LogP contribution in [0.4, 0.5) is 4.39 Å². The van der Waals surface area contributed by atoms with Gasteiger partial charge in [-0.1, -0.05) is 0 Å².